The second-order valence-electron chi connectivity index (χ2n) is 14.3. The van der Waals surface area contributed by atoms with Crippen LogP contribution < -0.4 is 24.3 Å². The minimum Gasteiger partial charge on any atom is -0.496 e. The van der Waals surface area contributed by atoms with Crippen molar-refractivity contribution < 1.29 is 33.2 Å². The number of carbonyl (C=O) groups is 1. The molecule has 1 aliphatic heterocycles. The second kappa shape index (κ2) is 19.0. The number of nitrogens with zero attached hydrogens (tertiary/aromatic N) is 5. The molecule has 1 aliphatic rings. The van der Waals surface area contributed by atoms with Gasteiger partial charge < -0.3 is 29.4 Å². The van der Waals surface area contributed by atoms with Crippen molar-refractivity contribution in [2.24, 2.45) is 0 Å². The van der Waals surface area contributed by atoms with Gasteiger partial charge in [0.15, 0.2) is 5.82 Å². The molecule has 312 valence electrons. The van der Waals surface area contributed by atoms with Gasteiger partial charge in [0.2, 0.25) is 12.0 Å². The molecule has 12 nitrogen and oxygen atoms in total. The topological polar surface area (TPSA) is 141 Å². The lowest BCUT2D eigenvalue weighted by Gasteiger charge is -2.27. The molecular formula is C46H42ClFN6O6S. The third-order valence-electron chi connectivity index (χ3n) is 10.4. The summed E-state index contributed by atoms with van der Waals surface area (Å²) in [4.78, 5) is 34.9. The number of halogens is 2. The average Bonchev–Trinajstić information content (AvgIpc) is 3.68. The number of thiophene rings is 1. The van der Waals surface area contributed by atoms with Crippen molar-refractivity contribution in [2.45, 2.75) is 26.1 Å². The van der Waals surface area contributed by atoms with Crippen LogP contribution in [0.4, 0.5) is 4.39 Å². The molecule has 4 heterocycles. The maximum atomic E-state index is 14.2. The van der Waals surface area contributed by atoms with Gasteiger partial charge in [-0.15, -0.1) is 11.3 Å². The first-order valence-electron chi connectivity index (χ1n) is 19.7. The maximum absolute atomic E-state index is 14.2. The van der Waals surface area contributed by atoms with Crippen molar-refractivity contribution in [3.63, 3.8) is 0 Å². The Kier molecular flexibility index (Phi) is 13.0. The van der Waals surface area contributed by atoms with E-state index < -0.39 is 12.1 Å². The molecule has 0 radical (unpaired) electrons. The minimum atomic E-state index is -1.38. The first-order valence-corrected chi connectivity index (χ1v) is 20.9. The number of methoxy groups -OCH3 is 1. The van der Waals surface area contributed by atoms with Gasteiger partial charge in [-0.1, -0.05) is 60.1 Å². The normalized spacial score (nSPS) is 13.5. The Labute approximate surface area is 360 Å². The summed E-state index contributed by atoms with van der Waals surface area (Å²) < 4.78 is 38.5. The molecule has 3 aromatic heterocycles. The molecule has 0 bridgehead atoms. The number of aliphatic carboxylic acids is 1. The molecule has 0 aliphatic carbocycles. The van der Waals surface area contributed by atoms with Crippen LogP contribution in [-0.4, -0.2) is 88.5 Å². The highest BCUT2D eigenvalue weighted by molar-refractivity contribution is 7.22. The van der Waals surface area contributed by atoms with E-state index in [-0.39, 0.29) is 24.7 Å². The molecule has 0 unspecified atom stereocenters. The van der Waals surface area contributed by atoms with Crippen LogP contribution in [0.3, 0.4) is 0 Å². The Morgan fingerprint density at radius 1 is 0.918 bits per heavy atom. The van der Waals surface area contributed by atoms with Gasteiger partial charge in [0.1, 0.15) is 47.4 Å². The summed E-state index contributed by atoms with van der Waals surface area (Å²) in [6, 6.07) is 26.4. The Morgan fingerprint density at radius 2 is 1.69 bits per heavy atom. The van der Waals surface area contributed by atoms with Gasteiger partial charge in [0, 0.05) is 55.8 Å². The molecule has 1 saturated heterocycles. The van der Waals surface area contributed by atoms with Crippen LogP contribution in [-0.2, 0) is 17.8 Å². The number of fused-ring (bicyclic) bond motifs is 1. The fourth-order valence-corrected chi connectivity index (χ4v) is 8.61. The number of carboxylic acids is 1. The van der Waals surface area contributed by atoms with Crippen LogP contribution in [0.1, 0.15) is 16.8 Å². The lowest BCUT2D eigenvalue weighted by Crippen LogP contribution is -2.44. The van der Waals surface area contributed by atoms with Crippen LogP contribution in [0.5, 0.6) is 23.1 Å². The van der Waals surface area contributed by atoms with Gasteiger partial charge in [-0.25, -0.2) is 29.1 Å². The number of para-hydroxylation sites is 2. The predicted octanol–water partition coefficient (Wildman–Crippen LogP) is 8.53. The summed E-state index contributed by atoms with van der Waals surface area (Å²) in [5.74, 6) is 0.658. The number of hydrogen-bond acceptors (Lipinski definition) is 12. The van der Waals surface area contributed by atoms with E-state index in [1.54, 1.807) is 43.6 Å². The Morgan fingerprint density at radius 3 is 2.48 bits per heavy atom. The van der Waals surface area contributed by atoms with Crippen molar-refractivity contribution in [1.82, 2.24) is 30.2 Å². The van der Waals surface area contributed by atoms with Crippen molar-refractivity contribution in [1.29, 1.82) is 0 Å². The number of piperazine rings is 1. The number of benzene rings is 4. The third-order valence-corrected chi connectivity index (χ3v) is 12.0. The number of ether oxygens (including phenoxy) is 4. The van der Waals surface area contributed by atoms with Crippen LogP contribution in [0.25, 0.3) is 43.2 Å². The maximum Gasteiger partial charge on any atom is 0.345 e. The number of aromatic nitrogens is 4. The van der Waals surface area contributed by atoms with E-state index in [9.17, 15) is 14.3 Å². The number of carboxylic acid groups (broad SMARTS) is 1. The standard InChI is InChI=1S/C46H42ClFN6O6S/c1-28-33(15-16-37(41(28)47)58-24-23-54-21-19-49-20-22-54)39-40-44(51-27-52-45(40)61-42(39)29-11-13-31(48)14-12-29)60-38(46(55)56)25-30-7-3-5-9-35(30)59-26-32-17-18-50-43(53-32)34-8-4-6-10-36(34)57-2/h3-18,27,38,49H,19-26H2,1-2H3,(H,55,56)/t38-/m1/s1. The monoisotopic (exact) mass is 860 g/mol. The zero-order chi connectivity index (χ0) is 42.3. The van der Waals surface area contributed by atoms with Crippen LogP contribution >= 0.6 is 22.9 Å². The Bertz CT molecular complexity index is 2660. The summed E-state index contributed by atoms with van der Waals surface area (Å²) in [5.41, 5.74) is 4.86. The van der Waals surface area contributed by atoms with E-state index in [2.05, 4.69) is 25.2 Å². The Hall–Kier alpha value is -6.19. The molecule has 4 aromatic carbocycles. The average molecular weight is 861 g/mol. The fourth-order valence-electron chi connectivity index (χ4n) is 7.23. The van der Waals surface area contributed by atoms with E-state index in [0.717, 1.165) is 59.9 Å². The number of nitrogens with one attached hydrogen (secondary N) is 1. The van der Waals surface area contributed by atoms with Crippen molar-refractivity contribution in [3.05, 3.63) is 131 Å². The third kappa shape index (κ3) is 9.42. The quantitative estimate of drug-likeness (QED) is 0.0963. The Balaban J connectivity index is 1.09. The van der Waals surface area contributed by atoms with Gasteiger partial charge >= 0.3 is 5.97 Å². The second-order valence-corrected chi connectivity index (χ2v) is 15.7. The van der Waals surface area contributed by atoms with E-state index in [1.807, 2.05) is 55.5 Å². The highest BCUT2D eigenvalue weighted by Gasteiger charge is 2.28. The molecule has 15 heteroatoms. The fraction of sp³-hybridized carbons (Fsp3) is 0.239. The first-order chi connectivity index (χ1) is 29.8. The van der Waals surface area contributed by atoms with Crippen molar-refractivity contribution >= 4 is 39.1 Å². The molecule has 0 amide bonds. The lowest BCUT2D eigenvalue weighted by atomic mass is 9.96. The predicted molar refractivity (Wildman–Crippen MR) is 233 cm³/mol. The van der Waals surface area contributed by atoms with Crippen LogP contribution in [0, 0.1) is 12.7 Å². The van der Waals surface area contributed by atoms with Gasteiger partial charge in [0.05, 0.1) is 28.8 Å². The van der Waals surface area contributed by atoms with Gasteiger partial charge in [0.25, 0.3) is 0 Å². The number of hydrogen-bond donors (Lipinski definition) is 2. The van der Waals surface area contributed by atoms with Gasteiger partial charge in [-0.2, -0.15) is 0 Å². The van der Waals surface area contributed by atoms with Crippen LogP contribution in [0.15, 0.2) is 104 Å². The highest BCUT2D eigenvalue weighted by Crippen LogP contribution is 2.49. The molecule has 2 N–H and O–H groups in total. The zero-order valence-electron chi connectivity index (χ0n) is 33.4. The van der Waals surface area contributed by atoms with E-state index in [0.29, 0.717) is 61.7 Å². The molecule has 1 fully saturated rings. The molecule has 61 heavy (non-hydrogen) atoms. The van der Waals surface area contributed by atoms with Gasteiger partial charge in [-0.05, 0) is 71.6 Å². The summed E-state index contributed by atoms with van der Waals surface area (Å²) in [7, 11) is 1.59. The van der Waals surface area contributed by atoms with E-state index in [4.69, 9.17) is 35.5 Å². The summed E-state index contributed by atoms with van der Waals surface area (Å²) in [6.45, 7) is 7.06. The highest BCUT2D eigenvalue weighted by atomic mass is 35.5. The van der Waals surface area contributed by atoms with Crippen molar-refractivity contribution in [3.8, 4) is 56.1 Å². The zero-order valence-corrected chi connectivity index (χ0v) is 35.0. The summed E-state index contributed by atoms with van der Waals surface area (Å²) >= 11 is 8.40. The number of rotatable bonds is 16. The minimum absolute atomic E-state index is 0.0532. The molecule has 8 rings (SSSR count). The summed E-state index contributed by atoms with van der Waals surface area (Å²) in [5, 5.41) is 14.9. The smallest absolute Gasteiger partial charge is 0.345 e. The van der Waals surface area contributed by atoms with E-state index in [1.165, 1.54) is 29.8 Å². The molecular weight excluding hydrogens is 819 g/mol. The van der Waals surface area contributed by atoms with Gasteiger partial charge in [-0.3, -0.25) is 4.90 Å². The summed E-state index contributed by atoms with van der Waals surface area (Å²) in [6.07, 6.45) is 1.57. The SMILES string of the molecule is COc1ccccc1-c1nccc(COc2ccccc2C[C@@H](Oc2ncnc3sc(-c4ccc(F)cc4)c(-c4ccc(OCCN5CCNCC5)c(Cl)c4C)c23)C(=O)O)n1. The first kappa shape index (κ1) is 41.5. The lowest BCUT2D eigenvalue weighted by molar-refractivity contribution is -0.145. The molecule has 7 aromatic rings. The van der Waals surface area contributed by atoms with Crippen molar-refractivity contribution in [2.75, 3.05) is 46.4 Å². The largest absolute Gasteiger partial charge is 0.496 e. The molecule has 0 saturated carbocycles. The van der Waals surface area contributed by atoms with E-state index >= 15 is 0 Å². The molecule has 1 atom stereocenters. The van der Waals surface area contributed by atoms with Crippen LogP contribution in [0.2, 0.25) is 5.02 Å². The molecule has 0 spiro atoms.